The Morgan fingerprint density at radius 2 is 1.45 bits per heavy atom. The number of amides is 2. The third kappa shape index (κ3) is 4.73. The molecule has 0 fully saturated rings. The molecule has 0 bridgehead atoms. The number of hydrogen-bond donors (Lipinski definition) is 2. The molecule has 2 aromatic rings. The maximum atomic E-state index is 11.9. The first kappa shape index (κ1) is 16.3. The van der Waals surface area contributed by atoms with Gasteiger partial charge in [-0.1, -0.05) is 0 Å². The fraction of sp³-hybridized carbons (Fsp3) is 0.125. The normalized spacial score (nSPS) is 9.91. The first-order valence-corrected chi connectivity index (χ1v) is 7.77. The Hall–Kier alpha value is -2.09. The second-order valence-electron chi connectivity index (χ2n) is 4.38. The second-order valence-corrected chi connectivity index (χ2v) is 5.63. The van der Waals surface area contributed by atoms with Crippen molar-refractivity contribution in [2.24, 2.45) is 0 Å². The molecule has 0 saturated heterocycles. The van der Waals surface area contributed by atoms with Crippen LogP contribution in [0.25, 0.3) is 0 Å². The lowest BCUT2D eigenvalue weighted by molar-refractivity contribution is 0.0526. The van der Waals surface area contributed by atoms with Gasteiger partial charge in [0.2, 0.25) is 0 Å². The Labute approximate surface area is 142 Å². The Morgan fingerprint density at radius 1 is 0.955 bits per heavy atom. The maximum Gasteiger partial charge on any atom is 0.338 e. The van der Waals surface area contributed by atoms with E-state index in [0.29, 0.717) is 23.5 Å². The molecule has 0 unspecified atom stereocenters. The topological polar surface area (TPSA) is 67.4 Å². The van der Waals surface area contributed by atoms with Gasteiger partial charge in [-0.15, -0.1) is 0 Å². The molecule has 0 spiro atoms. The van der Waals surface area contributed by atoms with Crippen LogP contribution in [0.4, 0.5) is 16.2 Å². The highest BCUT2D eigenvalue weighted by Gasteiger charge is 2.07. The van der Waals surface area contributed by atoms with E-state index in [1.54, 1.807) is 31.2 Å². The summed E-state index contributed by atoms with van der Waals surface area (Å²) < 4.78 is 5.99. The Balaban J connectivity index is 1.94. The molecule has 2 N–H and O–H groups in total. The Morgan fingerprint density at radius 3 is 1.95 bits per heavy atom. The van der Waals surface area contributed by atoms with Gasteiger partial charge < -0.3 is 15.4 Å². The molecule has 0 aromatic heterocycles. The highest BCUT2D eigenvalue weighted by molar-refractivity contribution is 14.1. The summed E-state index contributed by atoms with van der Waals surface area (Å²) in [7, 11) is 0. The predicted octanol–water partition coefficient (Wildman–Crippen LogP) is 4.11. The van der Waals surface area contributed by atoms with Gasteiger partial charge in [-0.2, -0.15) is 0 Å². The number of ether oxygens (including phenoxy) is 1. The third-order valence-corrected chi connectivity index (χ3v) is 3.48. The van der Waals surface area contributed by atoms with Gasteiger partial charge in [-0.05, 0) is 78.0 Å². The summed E-state index contributed by atoms with van der Waals surface area (Å²) in [5.41, 5.74) is 1.75. The molecule has 0 aliphatic rings. The number of carbonyl (C=O) groups is 2. The quantitative estimate of drug-likeness (QED) is 0.589. The number of halogens is 1. The van der Waals surface area contributed by atoms with Crippen LogP contribution in [0.2, 0.25) is 0 Å². The zero-order valence-electron chi connectivity index (χ0n) is 11.9. The van der Waals surface area contributed by atoms with Crippen molar-refractivity contribution in [3.05, 3.63) is 57.7 Å². The Bertz CT molecular complexity index is 654. The van der Waals surface area contributed by atoms with Crippen molar-refractivity contribution in [3.8, 4) is 0 Å². The van der Waals surface area contributed by atoms with Gasteiger partial charge in [-0.25, -0.2) is 9.59 Å². The number of hydrogen-bond acceptors (Lipinski definition) is 3. The average Bonchev–Trinajstić information content (AvgIpc) is 2.50. The summed E-state index contributed by atoms with van der Waals surface area (Å²) in [6.45, 7) is 2.08. The minimum atomic E-state index is -0.377. The van der Waals surface area contributed by atoms with Crippen LogP contribution in [0.5, 0.6) is 0 Å². The second kappa shape index (κ2) is 7.79. The Kier molecular flexibility index (Phi) is 5.76. The smallest absolute Gasteiger partial charge is 0.338 e. The van der Waals surface area contributed by atoms with Crippen LogP contribution in [-0.4, -0.2) is 18.6 Å². The molecular weight excluding hydrogens is 395 g/mol. The molecule has 0 aliphatic heterocycles. The van der Waals surface area contributed by atoms with Gasteiger partial charge >= 0.3 is 12.0 Å². The first-order valence-electron chi connectivity index (χ1n) is 6.69. The molecule has 2 aromatic carbocycles. The first-order chi connectivity index (χ1) is 10.6. The SMILES string of the molecule is CCOC(=O)c1ccc(NC(=O)Nc2ccc(I)cc2)cc1. The van der Waals surface area contributed by atoms with Crippen molar-refractivity contribution in [3.63, 3.8) is 0 Å². The van der Waals surface area contributed by atoms with Crippen LogP contribution in [0.15, 0.2) is 48.5 Å². The number of anilines is 2. The van der Waals surface area contributed by atoms with Gasteiger partial charge in [-0.3, -0.25) is 0 Å². The van der Waals surface area contributed by atoms with Crippen molar-refractivity contribution >= 4 is 46.0 Å². The zero-order chi connectivity index (χ0) is 15.9. The van der Waals surface area contributed by atoms with E-state index in [0.717, 1.165) is 3.57 Å². The van der Waals surface area contributed by atoms with Gasteiger partial charge in [0.25, 0.3) is 0 Å². The van der Waals surface area contributed by atoms with Crippen LogP contribution in [-0.2, 0) is 4.74 Å². The summed E-state index contributed by atoms with van der Waals surface area (Å²) in [5, 5.41) is 5.43. The predicted molar refractivity (Wildman–Crippen MR) is 94.2 cm³/mol. The van der Waals surface area contributed by atoms with Crippen molar-refractivity contribution in [2.45, 2.75) is 6.92 Å². The summed E-state index contributed by atoms with van der Waals surface area (Å²) >= 11 is 2.20. The van der Waals surface area contributed by atoms with Crippen molar-refractivity contribution in [1.82, 2.24) is 0 Å². The molecule has 6 heteroatoms. The van der Waals surface area contributed by atoms with Crippen molar-refractivity contribution in [2.75, 3.05) is 17.2 Å². The standard InChI is InChI=1S/C16H15IN2O3/c1-2-22-15(20)11-3-7-13(8-4-11)18-16(21)19-14-9-5-12(17)6-10-14/h3-10H,2H2,1H3,(H2,18,19,21). The molecule has 22 heavy (non-hydrogen) atoms. The molecule has 0 heterocycles. The van der Waals surface area contributed by atoms with Crippen LogP contribution in [0.1, 0.15) is 17.3 Å². The van der Waals surface area contributed by atoms with Crippen molar-refractivity contribution < 1.29 is 14.3 Å². The van der Waals surface area contributed by atoms with E-state index in [9.17, 15) is 9.59 Å². The third-order valence-electron chi connectivity index (χ3n) is 2.76. The van der Waals surface area contributed by atoms with E-state index < -0.39 is 0 Å². The van der Waals surface area contributed by atoms with E-state index in [-0.39, 0.29) is 12.0 Å². The maximum absolute atomic E-state index is 11.9. The molecule has 0 atom stereocenters. The van der Waals surface area contributed by atoms with Gasteiger partial charge in [0.05, 0.1) is 12.2 Å². The highest BCUT2D eigenvalue weighted by Crippen LogP contribution is 2.13. The lowest BCUT2D eigenvalue weighted by Crippen LogP contribution is -2.19. The van der Waals surface area contributed by atoms with E-state index in [1.165, 1.54) is 0 Å². The molecule has 5 nitrogen and oxygen atoms in total. The summed E-state index contributed by atoms with van der Waals surface area (Å²) in [5.74, 6) is -0.377. The van der Waals surface area contributed by atoms with Crippen LogP contribution in [0, 0.1) is 3.57 Å². The van der Waals surface area contributed by atoms with Gasteiger partial charge in [0.1, 0.15) is 0 Å². The number of nitrogens with one attached hydrogen (secondary N) is 2. The molecule has 2 rings (SSSR count). The van der Waals surface area contributed by atoms with E-state index in [4.69, 9.17) is 4.74 Å². The van der Waals surface area contributed by atoms with E-state index in [2.05, 4.69) is 33.2 Å². The number of esters is 1. The molecule has 0 aliphatic carbocycles. The van der Waals surface area contributed by atoms with Gasteiger partial charge in [0, 0.05) is 14.9 Å². The number of benzene rings is 2. The van der Waals surface area contributed by atoms with E-state index in [1.807, 2.05) is 24.3 Å². The minimum Gasteiger partial charge on any atom is -0.462 e. The lowest BCUT2D eigenvalue weighted by Gasteiger charge is -2.08. The average molecular weight is 410 g/mol. The number of carbonyl (C=O) groups excluding carboxylic acids is 2. The fourth-order valence-electron chi connectivity index (χ4n) is 1.73. The highest BCUT2D eigenvalue weighted by atomic mass is 127. The molecule has 114 valence electrons. The van der Waals surface area contributed by atoms with Crippen LogP contribution >= 0.6 is 22.6 Å². The lowest BCUT2D eigenvalue weighted by atomic mass is 10.2. The summed E-state index contributed by atoms with van der Waals surface area (Å²) in [6.07, 6.45) is 0. The van der Waals surface area contributed by atoms with Gasteiger partial charge in [0.15, 0.2) is 0 Å². The molecule has 0 saturated carbocycles. The largest absolute Gasteiger partial charge is 0.462 e. The monoisotopic (exact) mass is 410 g/mol. The zero-order valence-corrected chi connectivity index (χ0v) is 14.1. The summed E-state index contributed by atoms with van der Waals surface area (Å²) in [6, 6.07) is 13.6. The molecule has 2 amide bonds. The summed E-state index contributed by atoms with van der Waals surface area (Å²) in [4.78, 5) is 23.4. The minimum absolute atomic E-state index is 0.331. The molecular formula is C16H15IN2O3. The van der Waals surface area contributed by atoms with Crippen LogP contribution in [0.3, 0.4) is 0 Å². The fourth-order valence-corrected chi connectivity index (χ4v) is 2.09. The number of rotatable bonds is 4. The van der Waals surface area contributed by atoms with E-state index >= 15 is 0 Å². The number of urea groups is 1. The molecule has 0 radical (unpaired) electrons. The van der Waals surface area contributed by atoms with Crippen molar-refractivity contribution in [1.29, 1.82) is 0 Å². The van der Waals surface area contributed by atoms with Crippen LogP contribution < -0.4 is 10.6 Å².